The summed E-state index contributed by atoms with van der Waals surface area (Å²) in [5.41, 5.74) is 4.95. The lowest BCUT2D eigenvalue weighted by Crippen LogP contribution is -2.51. The molecule has 0 radical (unpaired) electrons. The van der Waals surface area contributed by atoms with E-state index in [1.807, 2.05) is 12.1 Å². The number of quaternary nitrogens is 2. The Balaban J connectivity index is 1.18. The van der Waals surface area contributed by atoms with Gasteiger partial charge in [-0.3, -0.25) is 4.79 Å². The molecule has 0 bridgehead atoms. The van der Waals surface area contributed by atoms with Crippen molar-refractivity contribution in [1.82, 2.24) is 0 Å². The Hall–Kier alpha value is -2.72. The molecule has 0 spiro atoms. The van der Waals surface area contributed by atoms with E-state index in [1.165, 1.54) is 41.5 Å². The highest BCUT2D eigenvalue weighted by atomic mass is 79.9. The maximum Gasteiger partial charge on any atom is 0.511 e. The monoisotopic (exact) mass is 744 g/mol. The Labute approximate surface area is 284 Å². The van der Waals surface area contributed by atoms with E-state index in [0.29, 0.717) is 17.4 Å². The molecule has 0 aliphatic carbocycles. The van der Waals surface area contributed by atoms with Crippen molar-refractivity contribution in [3.8, 4) is 0 Å². The van der Waals surface area contributed by atoms with Crippen molar-refractivity contribution in [3.05, 3.63) is 104 Å². The molecule has 1 unspecified atom stereocenters. The van der Waals surface area contributed by atoms with Gasteiger partial charge in [0.05, 0.1) is 33.1 Å². The minimum atomic E-state index is -0.833. The van der Waals surface area contributed by atoms with E-state index in [2.05, 4.69) is 106 Å². The molecule has 1 aliphatic rings. The maximum absolute atomic E-state index is 12.4. The molecule has 1 heterocycles. The van der Waals surface area contributed by atoms with Gasteiger partial charge in [-0.1, -0.05) is 86.0 Å². The third kappa shape index (κ3) is 12.2. The topological polar surface area (TPSA) is 61.8 Å². The first-order valence-electron chi connectivity index (χ1n) is 15.8. The van der Waals surface area contributed by atoms with E-state index in [4.69, 9.17) is 14.2 Å². The number of halogens is 2. The second-order valence-electron chi connectivity index (χ2n) is 12.6. The van der Waals surface area contributed by atoms with E-state index < -0.39 is 12.9 Å². The Bertz CT molecular complexity index is 1310. The van der Waals surface area contributed by atoms with Gasteiger partial charge in [-0.05, 0) is 50.5 Å². The first kappa shape index (κ1) is 35.1. The van der Waals surface area contributed by atoms with Gasteiger partial charge in [-0.2, -0.15) is 0 Å². The van der Waals surface area contributed by atoms with Crippen LogP contribution in [0.25, 0.3) is 0 Å². The van der Waals surface area contributed by atoms with Gasteiger partial charge in [0.25, 0.3) is 0 Å². The summed E-state index contributed by atoms with van der Waals surface area (Å²) >= 11 is 7.03. The molecule has 1 atom stereocenters. The van der Waals surface area contributed by atoms with Crippen molar-refractivity contribution in [3.63, 3.8) is 0 Å². The molecule has 7 nitrogen and oxygen atoms in total. The lowest BCUT2D eigenvalue weighted by molar-refractivity contribution is -0.945. The van der Waals surface area contributed by atoms with Crippen molar-refractivity contribution >= 4 is 44.0 Å². The van der Waals surface area contributed by atoms with Gasteiger partial charge in [-0.25, -0.2) is 4.79 Å². The fourth-order valence-electron chi connectivity index (χ4n) is 6.17. The molecule has 0 saturated carbocycles. The molecular formula is C36H46Br2N2O5+2. The highest BCUT2D eigenvalue weighted by molar-refractivity contribution is 9.10. The minimum absolute atomic E-state index is 0.185. The van der Waals surface area contributed by atoms with Crippen LogP contribution in [0.3, 0.4) is 0 Å². The zero-order chi connectivity index (χ0) is 32.1. The fourth-order valence-corrected chi connectivity index (χ4v) is 6.69. The Morgan fingerprint density at radius 1 is 0.756 bits per heavy atom. The minimum Gasteiger partial charge on any atom is -0.428 e. The number of benzene rings is 3. The van der Waals surface area contributed by atoms with Crippen molar-refractivity contribution in [2.24, 2.45) is 0 Å². The number of likely N-dealkylation sites (N-methyl/N-ethyl adjacent to an activating group) is 1. The number of aryl methyl sites for hydroxylation is 1. The summed E-state index contributed by atoms with van der Waals surface area (Å²) in [6.07, 6.45) is 3.89. The lowest BCUT2D eigenvalue weighted by atomic mass is 10.0. The SMILES string of the molecule is Cc1ccc(C[N+](C)(CCOC(=O)OCOC(=O)CCC[N+]2(Cc3ccc(Br)cc3)CCCCC2)Cc2ccc(Br)cc2)cc1. The quantitative estimate of drug-likeness (QED) is 0.0891. The molecule has 0 amide bonds. The molecule has 1 aliphatic heterocycles. The van der Waals surface area contributed by atoms with Gasteiger partial charge in [0, 0.05) is 32.1 Å². The van der Waals surface area contributed by atoms with Crippen LogP contribution in [0, 0.1) is 6.92 Å². The molecule has 0 aromatic heterocycles. The second kappa shape index (κ2) is 17.3. The summed E-state index contributed by atoms with van der Waals surface area (Å²) in [6, 6.07) is 25.3. The van der Waals surface area contributed by atoms with E-state index in [0.717, 1.165) is 59.1 Å². The van der Waals surface area contributed by atoms with Crippen molar-refractivity contribution in [1.29, 1.82) is 0 Å². The van der Waals surface area contributed by atoms with Gasteiger partial charge in [0.1, 0.15) is 32.8 Å². The van der Waals surface area contributed by atoms with Crippen LogP contribution in [0.4, 0.5) is 4.79 Å². The number of hydrogen-bond acceptors (Lipinski definition) is 5. The van der Waals surface area contributed by atoms with Crippen LogP contribution in [-0.2, 0) is 38.6 Å². The molecule has 45 heavy (non-hydrogen) atoms. The largest absolute Gasteiger partial charge is 0.511 e. The Morgan fingerprint density at radius 2 is 1.31 bits per heavy atom. The van der Waals surface area contributed by atoms with Crippen molar-refractivity contribution in [2.75, 3.05) is 46.6 Å². The third-order valence-electron chi connectivity index (χ3n) is 8.62. The first-order chi connectivity index (χ1) is 21.6. The van der Waals surface area contributed by atoms with Gasteiger partial charge in [-0.15, -0.1) is 0 Å². The number of ether oxygens (including phenoxy) is 3. The van der Waals surface area contributed by atoms with E-state index in [-0.39, 0.29) is 12.6 Å². The number of esters is 1. The lowest BCUT2D eigenvalue weighted by Gasteiger charge is -2.42. The standard InChI is InChI=1S/C36H46Br2N2O5/c1-29-8-10-30(11-9-29)25-39(2,26-31-12-16-33(37)17-13-31)23-24-43-36(42)45-28-44-35(41)7-6-22-40(20-4-3-5-21-40)27-32-14-18-34(38)19-15-32/h8-19H,3-7,20-28H2,1-2H3/q+2. The van der Waals surface area contributed by atoms with Crippen LogP contribution in [0.2, 0.25) is 0 Å². The molecule has 4 rings (SSSR count). The molecular weight excluding hydrogens is 700 g/mol. The fraction of sp³-hybridized carbons (Fsp3) is 0.444. The van der Waals surface area contributed by atoms with Crippen molar-refractivity contribution < 1.29 is 32.8 Å². The number of nitrogens with zero attached hydrogens (tertiary/aromatic N) is 2. The van der Waals surface area contributed by atoms with Gasteiger partial charge in [0.2, 0.25) is 6.79 Å². The summed E-state index contributed by atoms with van der Waals surface area (Å²) in [6.45, 7) is 8.15. The average molecular weight is 747 g/mol. The molecule has 3 aromatic carbocycles. The number of piperidine rings is 1. The number of hydrogen-bond donors (Lipinski definition) is 0. The summed E-state index contributed by atoms with van der Waals surface area (Å²) in [7, 11) is 2.16. The number of rotatable bonds is 15. The molecule has 1 saturated heterocycles. The predicted octanol–water partition coefficient (Wildman–Crippen LogP) is 8.30. The second-order valence-corrected chi connectivity index (χ2v) is 14.4. The molecule has 0 N–H and O–H groups in total. The zero-order valence-corrected chi connectivity index (χ0v) is 29.7. The van der Waals surface area contributed by atoms with Gasteiger partial charge in [0.15, 0.2) is 0 Å². The van der Waals surface area contributed by atoms with E-state index in [1.54, 1.807) is 0 Å². The van der Waals surface area contributed by atoms with E-state index >= 15 is 0 Å². The Kier molecular flexibility index (Phi) is 13.5. The van der Waals surface area contributed by atoms with Crippen LogP contribution >= 0.6 is 31.9 Å². The van der Waals surface area contributed by atoms with E-state index in [9.17, 15) is 9.59 Å². The maximum atomic E-state index is 12.4. The molecule has 1 fully saturated rings. The van der Waals surface area contributed by atoms with Gasteiger partial charge >= 0.3 is 12.1 Å². The van der Waals surface area contributed by atoms with Crippen LogP contribution in [0.5, 0.6) is 0 Å². The normalized spacial score (nSPS) is 15.6. The molecule has 9 heteroatoms. The van der Waals surface area contributed by atoms with Crippen molar-refractivity contribution in [2.45, 2.75) is 58.7 Å². The number of carbonyl (C=O) groups excluding carboxylic acids is 2. The van der Waals surface area contributed by atoms with Crippen LogP contribution < -0.4 is 0 Å². The first-order valence-corrected chi connectivity index (χ1v) is 17.4. The Morgan fingerprint density at radius 3 is 1.91 bits per heavy atom. The highest BCUT2D eigenvalue weighted by Gasteiger charge is 2.30. The highest BCUT2D eigenvalue weighted by Crippen LogP contribution is 2.25. The molecule has 3 aromatic rings. The zero-order valence-electron chi connectivity index (χ0n) is 26.5. The van der Waals surface area contributed by atoms with Gasteiger partial charge < -0.3 is 23.2 Å². The molecule has 242 valence electrons. The van der Waals surface area contributed by atoms with Crippen LogP contribution in [0.1, 0.15) is 54.4 Å². The predicted molar refractivity (Wildman–Crippen MR) is 183 cm³/mol. The summed E-state index contributed by atoms with van der Waals surface area (Å²) < 4.78 is 19.4. The third-order valence-corrected chi connectivity index (χ3v) is 9.68. The summed E-state index contributed by atoms with van der Waals surface area (Å²) in [4.78, 5) is 24.7. The smallest absolute Gasteiger partial charge is 0.428 e. The van der Waals surface area contributed by atoms with Crippen LogP contribution in [0.15, 0.2) is 81.7 Å². The number of likely N-dealkylation sites (tertiary alicyclic amines) is 1. The summed E-state index contributed by atoms with van der Waals surface area (Å²) in [5.74, 6) is -0.363. The number of carbonyl (C=O) groups is 2. The summed E-state index contributed by atoms with van der Waals surface area (Å²) in [5, 5.41) is 0. The average Bonchev–Trinajstić information content (AvgIpc) is 3.01. The van der Waals surface area contributed by atoms with Crippen LogP contribution in [-0.4, -0.2) is 67.7 Å².